The molecule has 0 rings (SSSR count). The summed E-state index contributed by atoms with van der Waals surface area (Å²) < 4.78 is 64.9. The Kier molecular flexibility index (Phi) is 3.89. The second-order valence-electron chi connectivity index (χ2n) is 1.65. The summed E-state index contributed by atoms with van der Waals surface area (Å²) in [6.45, 7) is 0. The first-order chi connectivity index (χ1) is 5.10. The van der Waals surface area contributed by atoms with Gasteiger partial charge in [-0.2, -0.15) is 22.0 Å². The number of hydrogen-bond acceptors (Lipinski definition) is 0. The zero-order chi connectivity index (χ0) is 10.2. The minimum atomic E-state index is -5.14. The first kappa shape index (κ1) is 12.5. The van der Waals surface area contributed by atoms with Gasteiger partial charge in [0.05, 0.1) is 0 Å². The fraction of sp³-hybridized carbons (Fsp3) is 0.500. The van der Waals surface area contributed by atoms with E-state index in [9.17, 15) is 26.3 Å². The monoisotopic (exact) mass is 368 g/mol. The van der Waals surface area contributed by atoms with Gasteiger partial charge in [-0.15, -0.1) is 0 Å². The van der Waals surface area contributed by atoms with Crippen LogP contribution in [0.4, 0.5) is 26.3 Å². The van der Waals surface area contributed by atoms with Crippen LogP contribution < -0.4 is 0 Å². The molecular weight excluding hydrogens is 369 g/mol. The van der Waals surface area contributed by atoms with E-state index in [1.54, 1.807) is 15.9 Å². The average molecular weight is 369 g/mol. The summed E-state index contributed by atoms with van der Waals surface area (Å²) in [6, 6.07) is 0. The predicted molar refractivity (Wildman–Crippen MR) is 42.1 cm³/mol. The highest BCUT2D eigenvalue weighted by Gasteiger charge is 2.59. The van der Waals surface area contributed by atoms with Crippen molar-refractivity contribution in [2.75, 3.05) is 0 Å². The van der Waals surface area contributed by atoms with Crippen molar-refractivity contribution in [3.8, 4) is 0 Å². The molecule has 0 radical (unpaired) electrons. The Labute approximate surface area is 85.3 Å². The molecule has 0 aromatic heterocycles. The molecule has 0 fully saturated rings. The van der Waals surface area contributed by atoms with Gasteiger partial charge in [0.1, 0.15) is 0 Å². The summed E-state index contributed by atoms with van der Waals surface area (Å²) in [5.74, 6) is -7.96. The zero-order valence-electron chi connectivity index (χ0n) is 5.02. The van der Waals surface area contributed by atoms with E-state index in [0.717, 1.165) is 0 Å². The molecule has 0 spiro atoms. The average Bonchev–Trinajstić information content (AvgIpc) is 1.83. The summed E-state index contributed by atoms with van der Waals surface area (Å²) >= 11 is 1.71. The second kappa shape index (κ2) is 3.72. The van der Waals surface area contributed by atoms with Gasteiger partial charge in [-0.25, -0.2) is 4.39 Å². The van der Waals surface area contributed by atoms with E-state index in [4.69, 9.17) is 0 Å². The zero-order valence-corrected chi connectivity index (χ0v) is 8.77. The molecule has 0 heterocycles. The molecule has 0 aliphatic carbocycles. The fourth-order valence-electron chi connectivity index (χ4n) is 0.243. The number of hydrogen-bond donors (Lipinski definition) is 0. The molecule has 12 heavy (non-hydrogen) atoms. The van der Waals surface area contributed by atoms with E-state index in [1.807, 2.05) is 0 Å². The van der Waals surface area contributed by atoms with Crippen LogP contribution in [0.1, 0.15) is 0 Å². The van der Waals surface area contributed by atoms with E-state index in [1.165, 1.54) is 0 Å². The summed E-state index contributed by atoms with van der Waals surface area (Å²) in [4.78, 5) is 0. The summed E-state index contributed by atoms with van der Waals surface area (Å²) in [7, 11) is 0. The Morgan fingerprint density at radius 3 is 1.50 bits per heavy atom. The van der Waals surface area contributed by atoms with Crippen LogP contribution in [-0.2, 0) is 0 Å². The van der Waals surface area contributed by atoms with Crippen molar-refractivity contribution in [3.63, 3.8) is 0 Å². The Balaban J connectivity index is 5.01. The Morgan fingerprint density at radius 2 is 1.42 bits per heavy atom. The molecule has 0 aliphatic heterocycles. The predicted octanol–water partition coefficient (Wildman–Crippen LogP) is 4.15. The van der Waals surface area contributed by atoms with E-state index in [0.29, 0.717) is 0 Å². The maximum absolute atomic E-state index is 12.1. The van der Waals surface area contributed by atoms with Crippen molar-refractivity contribution in [2.24, 2.45) is 0 Å². The van der Waals surface area contributed by atoms with Crippen molar-refractivity contribution in [3.05, 3.63) is 10.6 Å². The Bertz CT molecular complexity index is 202. The summed E-state index contributed by atoms with van der Waals surface area (Å²) in [5.41, 5.74) is 0. The number of rotatable bonds is 2. The van der Waals surface area contributed by atoms with Gasteiger partial charge in [0, 0.05) is 22.6 Å². The Morgan fingerprint density at radius 1 is 1.08 bits per heavy atom. The van der Waals surface area contributed by atoms with Crippen LogP contribution >= 0.6 is 38.5 Å². The van der Waals surface area contributed by atoms with Gasteiger partial charge in [0.2, 0.25) is 10.6 Å². The van der Waals surface area contributed by atoms with Gasteiger partial charge >= 0.3 is 9.85 Å². The molecule has 0 saturated carbocycles. The highest BCUT2D eigenvalue weighted by Crippen LogP contribution is 2.46. The van der Waals surface area contributed by atoms with Gasteiger partial charge in [-0.1, -0.05) is 0 Å². The van der Waals surface area contributed by atoms with Crippen molar-refractivity contribution in [1.82, 2.24) is 0 Å². The molecule has 0 aromatic rings. The maximum Gasteiger partial charge on any atom is 0.373 e. The first-order valence-electron chi connectivity index (χ1n) is 2.26. The van der Waals surface area contributed by atoms with Crippen molar-refractivity contribution >= 4 is 38.5 Å². The molecule has 0 amide bonds. The highest BCUT2D eigenvalue weighted by atomic mass is 127. The molecule has 0 saturated heterocycles. The molecule has 0 atom stereocenters. The summed E-state index contributed by atoms with van der Waals surface area (Å²) in [5, 5.41) is 0. The van der Waals surface area contributed by atoms with E-state index < -0.39 is 20.4 Å². The lowest BCUT2D eigenvalue weighted by molar-refractivity contribution is -0.125. The van der Waals surface area contributed by atoms with Crippen molar-refractivity contribution in [2.45, 2.75) is 9.85 Å². The van der Waals surface area contributed by atoms with Gasteiger partial charge in [0.25, 0.3) is 0 Å². The molecule has 0 N–H and O–H groups in total. The summed E-state index contributed by atoms with van der Waals surface area (Å²) in [6.07, 6.45) is 0. The lowest BCUT2D eigenvalue weighted by Crippen LogP contribution is -2.35. The smallest absolute Gasteiger partial charge is 0.201 e. The lowest BCUT2D eigenvalue weighted by atomic mass is 10.3. The normalized spacial score (nSPS) is 16.0. The molecule has 72 valence electrons. The minimum absolute atomic E-state index is 0.0229. The van der Waals surface area contributed by atoms with Gasteiger partial charge in [-0.3, -0.25) is 0 Å². The standard InChI is InChI=1S/C4BrF6I/c5-2(7)1(6)3(8,9)4(10,11)12. The number of allylic oxidation sites excluding steroid dienone is 1. The number of alkyl halides is 5. The fourth-order valence-corrected chi connectivity index (χ4v) is 0.729. The largest absolute Gasteiger partial charge is 0.373 e. The van der Waals surface area contributed by atoms with Gasteiger partial charge in [0.15, 0.2) is 0 Å². The maximum atomic E-state index is 12.1. The topological polar surface area (TPSA) is 0 Å². The minimum Gasteiger partial charge on any atom is -0.201 e. The Hall–Kier alpha value is 0.530. The van der Waals surface area contributed by atoms with Crippen LogP contribution in [0.15, 0.2) is 10.6 Å². The van der Waals surface area contributed by atoms with E-state index in [-0.39, 0.29) is 22.6 Å². The quantitative estimate of drug-likeness (QED) is 0.390. The van der Waals surface area contributed by atoms with E-state index in [2.05, 4.69) is 0 Å². The second-order valence-corrected chi connectivity index (χ2v) is 3.70. The van der Waals surface area contributed by atoms with Crippen LogP contribution in [0, 0.1) is 0 Å². The molecule has 0 unspecified atom stereocenters. The molecule has 0 aliphatic rings. The molecule has 8 heteroatoms. The first-order valence-corrected chi connectivity index (χ1v) is 4.13. The third-order valence-corrected chi connectivity index (χ3v) is 1.82. The van der Waals surface area contributed by atoms with Crippen LogP contribution in [-0.4, -0.2) is 9.85 Å². The lowest BCUT2D eigenvalue weighted by Gasteiger charge is -2.19. The molecule has 0 aromatic carbocycles. The van der Waals surface area contributed by atoms with Crippen LogP contribution in [0.3, 0.4) is 0 Å². The van der Waals surface area contributed by atoms with Crippen LogP contribution in [0.2, 0.25) is 0 Å². The van der Waals surface area contributed by atoms with E-state index >= 15 is 0 Å². The SMILES string of the molecule is FC(Br)=C(F)C(F)(F)C(F)(F)I. The molecule has 0 bridgehead atoms. The van der Waals surface area contributed by atoms with Gasteiger partial charge in [-0.05, 0) is 15.9 Å². The highest BCUT2D eigenvalue weighted by molar-refractivity contribution is 14.1. The van der Waals surface area contributed by atoms with Crippen LogP contribution in [0.25, 0.3) is 0 Å². The molecular formula is C4BrF6I. The molecule has 0 nitrogen and oxygen atoms in total. The van der Waals surface area contributed by atoms with Crippen molar-refractivity contribution < 1.29 is 26.3 Å². The number of halogens is 8. The third-order valence-electron chi connectivity index (χ3n) is 0.798. The van der Waals surface area contributed by atoms with Crippen molar-refractivity contribution in [1.29, 1.82) is 0 Å². The third kappa shape index (κ3) is 2.51. The van der Waals surface area contributed by atoms with Gasteiger partial charge < -0.3 is 0 Å². The van der Waals surface area contributed by atoms with Crippen LogP contribution in [0.5, 0.6) is 0 Å².